The summed E-state index contributed by atoms with van der Waals surface area (Å²) in [5.41, 5.74) is 0.493. The Bertz CT molecular complexity index is 376. The van der Waals surface area contributed by atoms with Gasteiger partial charge in [0.05, 0.1) is 0 Å². The Labute approximate surface area is 113 Å². The Kier molecular flexibility index (Phi) is 6.67. The second-order valence-corrected chi connectivity index (χ2v) is 4.68. The summed E-state index contributed by atoms with van der Waals surface area (Å²) in [5, 5.41) is 2.95. The molecule has 18 heavy (non-hydrogen) atoms. The maximum Gasteiger partial charge on any atom is 0.261 e. The first-order valence-corrected chi connectivity index (χ1v) is 6.32. The van der Waals surface area contributed by atoms with Gasteiger partial charge in [0.15, 0.2) is 0 Å². The minimum Gasteiger partial charge on any atom is -0.375 e. The van der Waals surface area contributed by atoms with Crippen molar-refractivity contribution in [1.29, 1.82) is 0 Å². The van der Waals surface area contributed by atoms with Gasteiger partial charge in [0.25, 0.3) is 6.43 Å². The molecular formula is C12H15BrF3NO. The molecule has 1 aromatic rings. The first-order chi connectivity index (χ1) is 8.54. The van der Waals surface area contributed by atoms with Crippen LogP contribution in [-0.4, -0.2) is 26.7 Å². The van der Waals surface area contributed by atoms with Crippen molar-refractivity contribution in [3.8, 4) is 0 Å². The van der Waals surface area contributed by atoms with Crippen molar-refractivity contribution in [3.63, 3.8) is 0 Å². The van der Waals surface area contributed by atoms with Gasteiger partial charge in [-0.25, -0.2) is 13.2 Å². The van der Waals surface area contributed by atoms with Crippen molar-refractivity contribution in [3.05, 3.63) is 34.1 Å². The number of hydrogen-bond donors (Lipinski definition) is 1. The highest BCUT2D eigenvalue weighted by molar-refractivity contribution is 9.10. The molecule has 102 valence electrons. The predicted octanol–water partition coefficient (Wildman–Crippen LogP) is 3.52. The topological polar surface area (TPSA) is 21.3 Å². The van der Waals surface area contributed by atoms with Crippen LogP contribution < -0.4 is 5.32 Å². The van der Waals surface area contributed by atoms with Gasteiger partial charge in [-0.05, 0) is 31.7 Å². The van der Waals surface area contributed by atoms with Crippen molar-refractivity contribution >= 4 is 15.9 Å². The third kappa shape index (κ3) is 4.96. The Balaban J connectivity index is 2.57. The van der Waals surface area contributed by atoms with E-state index >= 15 is 0 Å². The number of benzene rings is 1. The van der Waals surface area contributed by atoms with E-state index in [0.717, 1.165) is 4.47 Å². The van der Waals surface area contributed by atoms with Gasteiger partial charge in [-0.15, -0.1) is 0 Å². The zero-order chi connectivity index (χ0) is 13.5. The molecule has 1 N–H and O–H groups in total. The molecule has 0 spiro atoms. The van der Waals surface area contributed by atoms with Crippen molar-refractivity contribution in [1.82, 2.24) is 5.32 Å². The van der Waals surface area contributed by atoms with E-state index in [1.54, 1.807) is 19.2 Å². The lowest BCUT2D eigenvalue weighted by Gasteiger charge is -2.17. The Hall–Kier alpha value is -0.590. The van der Waals surface area contributed by atoms with Gasteiger partial charge in [0.1, 0.15) is 12.4 Å². The lowest BCUT2D eigenvalue weighted by molar-refractivity contribution is 0.0144. The Morgan fingerprint density at radius 2 is 2.11 bits per heavy atom. The highest BCUT2D eigenvalue weighted by Gasteiger charge is 2.14. The Morgan fingerprint density at radius 1 is 1.39 bits per heavy atom. The van der Waals surface area contributed by atoms with Crippen LogP contribution in [0.15, 0.2) is 22.7 Å². The molecule has 0 aliphatic rings. The summed E-state index contributed by atoms with van der Waals surface area (Å²) in [5.74, 6) is -0.327. The maximum absolute atomic E-state index is 13.6. The molecule has 0 saturated carbocycles. The highest BCUT2D eigenvalue weighted by Crippen LogP contribution is 2.23. The number of halogens is 4. The summed E-state index contributed by atoms with van der Waals surface area (Å²) in [6, 6.07) is 4.38. The van der Waals surface area contributed by atoms with E-state index in [4.69, 9.17) is 4.74 Å². The molecule has 0 aliphatic heterocycles. The van der Waals surface area contributed by atoms with E-state index in [1.807, 2.05) is 0 Å². The minimum absolute atomic E-state index is 0.155. The maximum atomic E-state index is 13.6. The van der Waals surface area contributed by atoms with Gasteiger partial charge in [-0.2, -0.15) is 0 Å². The van der Waals surface area contributed by atoms with Gasteiger partial charge in [0.2, 0.25) is 0 Å². The lowest BCUT2D eigenvalue weighted by atomic mass is 10.0. The fourth-order valence-corrected chi connectivity index (χ4v) is 1.99. The summed E-state index contributed by atoms with van der Waals surface area (Å²) in [7, 11) is 1.69. The van der Waals surface area contributed by atoms with E-state index in [0.29, 0.717) is 12.0 Å². The van der Waals surface area contributed by atoms with Gasteiger partial charge >= 0.3 is 0 Å². The molecule has 0 amide bonds. The van der Waals surface area contributed by atoms with E-state index in [-0.39, 0.29) is 18.5 Å². The standard InChI is InChI=1S/C12H15BrF3NO/c1-17-11(4-5-18-7-12(15)16)9-6-8(13)2-3-10(9)14/h2-3,6,11-12,17H,4-5,7H2,1H3. The van der Waals surface area contributed by atoms with Crippen LogP contribution in [0.25, 0.3) is 0 Å². The molecule has 0 aromatic heterocycles. The van der Waals surface area contributed by atoms with Crippen LogP contribution in [0.2, 0.25) is 0 Å². The first kappa shape index (κ1) is 15.5. The van der Waals surface area contributed by atoms with Crippen LogP contribution >= 0.6 is 15.9 Å². The van der Waals surface area contributed by atoms with E-state index in [1.165, 1.54) is 6.07 Å². The molecule has 1 aromatic carbocycles. The van der Waals surface area contributed by atoms with Crippen LogP contribution in [0.3, 0.4) is 0 Å². The number of rotatable bonds is 7. The largest absolute Gasteiger partial charge is 0.375 e. The second-order valence-electron chi connectivity index (χ2n) is 3.76. The molecule has 2 nitrogen and oxygen atoms in total. The molecule has 0 saturated heterocycles. The van der Waals surface area contributed by atoms with Crippen LogP contribution in [0.1, 0.15) is 18.0 Å². The Morgan fingerprint density at radius 3 is 2.72 bits per heavy atom. The molecule has 0 aliphatic carbocycles. The molecule has 1 atom stereocenters. The number of ether oxygens (including phenoxy) is 1. The highest BCUT2D eigenvalue weighted by atomic mass is 79.9. The van der Waals surface area contributed by atoms with Gasteiger partial charge < -0.3 is 10.1 Å². The van der Waals surface area contributed by atoms with Crippen LogP contribution in [0.4, 0.5) is 13.2 Å². The number of alkyl halides is 2. The van der Waals surface area contributed by atoms with Crippen molar-refractivity contribution in [2.45, 2.75) is 18.9 Å². The van der Waals surface area contributed by atoms with Crippen LogP contribution in [0, 0.1) is 5.82 Å². The summed E-state index contributed by atoms with van der Waals surface area (Å²) < 4.78 is 42.9. The molecule has 6 heteroatoms. The van der Waals surface area contributed by atoms with Crippen molar-refractivity contribution in [2.75, 3.05) is 20.3 Å². The predicted molar refractivity (Wildman–Crippen MR) is 67.3 cm³/mol. The first-order valence-electron chi connectivity index (χ1n) is 5.52. The SMILES string of the molecule is CNC(CCOCC(F)F)c1cc(Br)ccc1F. The van der Waals surface area contributed by atoms with Gasteiger partial charge in [0, 0.05) is 22.7 Å². The second kappa shape index (κ2) is 7.76. The molecule has 1 rings (SSSR count). The summed E-state index contributed by atoms with van der Waals surface area (Å²) in [6.07, 6.45) is -2.04. The van der Waals surface area contributed by atoms with E-state index in [9.17, 15) is 13.2 Å². The van der Waals surface area contributed by atoms with Crippen LogP contribution in [-0.2, 0) is 4.74 Å². The molecule has 1 unspecified atom stereocenters. The minimum atomic E-state index is -2.47. The zero-order valence-corrected chi connectivity index (χ0v) is 11.5. The van der Waals surface area contributed by atoms with Gasteiger partial charge in [-0.3, -0.25) is 0 Å². The normalized spacial score (nSPS) is 13.0. The molecule has 0 bridgehead atoms. The fraction of sp³-hybridized carbons (Fsp3) is 0.500. The quantitative estimate of drug-likeness (QED) is 0.774. The third-order valence-electron chi connectivity index (χ3n) is 2.48. The molecule has 0 heterocycles. The van der Waals surface area contributed by atoms with Gasteiger partial charge in [-0.1, -0.05) is 15.9 Å². The summed E-state index contributed by atoms with van der Waals surface area (Å²) in [6.45, 7) is -0.431. The summed E-state index contributed by atoms with van der Waals surface area (Å²) >= 11 is 3.27. The number of nitrogens with one attached hydrogen (secondary N) is 1. The lowest BCUT2D eigenvalue weighted by Crippen LogP contribution is -2.20. The third-order valence-corrected chi connectivity index (χ3v) is 2.97. The molecule has 0 fully saturated rings. The van der Waals surface area contributed by atoms with Crippen molar-refractivity contribution < 1.29 is 17.9 Å². The van der Waals surface area contributed by atoms with E-state index < -0.39 is 13.0 Å². The summed E-state index contributed by atoms with van der Waals surface area (Å²) in [4.78, 5) is 0. The average Bonchev–Trinajstić information content (AvgIpc) is 2.33. The average molecular weight is 326 g/mol. The zero-order valence-electron chi connectivity index (χ0n) is 9.93. The molecule has 0 radical (unpaired) electrons. The van der Waals surface area contributed by atoms with Crippen LogP contribution in [0.5, 0.6) is 0 Å². The smallest absolute Gasteiger partial charge is 0.261 e. The van der Waals surface area contributed by atoms with E-state index in [2.05, 4.69) is 21.2 Å². The monoisotopic (exact) mass is 325 g/mol. The fourth-order valence-electron chi connectivity index (χ4n) is 1.61. The number of hydrogen-bond acceptors (Lipinski definition) is 2. The van der Waals surface area contributed by atoms with Crippen molar-refractivity contribution in [2.24, 2.45) is 0 Å². The molecular weight excluding hydrogens is 311 g/mol.